The fourth-order valence-corrected chi connectivity index (χ4v) is 8.87. The van der Waals surface area contributed by atoms with Crippen LogP contribution in [0.15, 0.2) is 204 Å². The minimum Gasteiger partial charge on any atom is -0.456 e. The summed E-state index contributed by atoms with van der Waals surface area (Å²) in [6, 6.07) is 66.6. The van der Waals surface area contributed by atoms with Gasteiger partial charge in [-0.2, -0.15) is 0 Å². The monoisotopic (exact) mass is 728 g/mol. The van der Waals surface area contributed by atoms with Gasteiger partial charge in [0.2, 0.25) is 0 Å². The number of hydrogen-bond donors (Lipinski definition) is 0. The molecule has 0 amide bonds. The number of aromatic nitrogens is 1. The maximum atomic E-state index is 6.54. The smallest absolute Gasteiger partial charge is 0.136 e. The number of furan rings is 1. The van der Waals surface area contributed by atoms with Crippen molar-refractivity contribution in [2.45, 2.75) is 6.92 Å². The summed E-state index contributed by atoms with van der Waals surface area (Å²) in [6.45, 7) is 6.80. The van der Waals surface area contributed by atoms with Crippen molar-refractivity contribution in [1.29, 1.82) is 0 Å². The largest absolute Gasteiger partial charge is 0.456 e. The van der Waals surface area contributed by atoms with Crippen LogP contribution in [0.3, 0.4) is 0 Å². The molecule has 0 atom stereocenters. The van der Waals surface area contributed by atoms with Gasteiger partial charge in [0, 0.05) is 49.5 Å². The van der Waals surface area contributed by atoms with Crippen LogP contribution in [0.1, 0.15) is 23.6 Å². The molecule has 0 unspecified atom stereocenters. The van der Waals surface area contributed by atoms with Crippen molar-refractivity contribution in [3.63, 3.8) is 0 Å². The Hall–Kier alpha value is -7.49. The second-order valence-electron chi connectivity index (χ2n) is 14.8. The summed E-state index contributed by atoms with van der Waals surface area (Å²) >= 11 is 0. The SMILES string of the molecule is C=C(c1ccccc1)c1c(/N=C(\C)c2cccc3oc4ccc(-c5ccc6c(c5)c5ccccc5n6-c5ccccc5)cc4c23)c2ccccc2c2ccccc12. The third-order valence-electron chi connectivity index (χ3n) is 11.5. The molecule has 268 valence electrons. The molecule has 0 aliphatic carbocycles. The molecule has 0 spiro atoms. The first-order chi connectivity index (χ1) is 28.1. The minimum atomic E-state index is 0.841. The van der Waals surface area contributed by atoms with Gasteiger partial charge < -0.3 is 8.98 Å². The molecule has 3 heteroatoms. The van der Waals surface area contributed by atoms with Gasteiger partial charge in [-0.05, 0) is 93.9 Å². The first-order valence-corrected chi connectivity index (χ1v) is 19.4. The van der Waals surface area contributed by atoms with E-state index in [0.717, 1.165) is 83.2 Å². The van der Waals surface area contributed by atoms with E-state index in [2.05, 4.69) is 200 Å². The number of benzene rings is 9. The predicted molar refractivity (Wildman–Crippen MR) is 241 cm³/mol. The molecule has 11 rings (SSSR count). The van der Waals surface area contributed by atoms with Gasteiger partial charge in [-0.25, -0.2) is 0 Å². The minimum absolute atomic E-state index is 0.841. The number of para-hydroxylation sites is 2. The molecule has 57 heavy (non-hydrogen) atoms. The van der Waals surface area contributed by atoms with Crippen molar-refractivity contribution in [3.05, 3.63) is 211 Å². The Kier molecular flexibility index (Phi) is 7.55. The van der Waals surface area contributed by atoms with Crippen LogP contribution in [0.25, 0.3) is 87.7 Å². The van der Waals surface area contributed by atoms with Crippen LogP contribution < -0.4 is 0 Å². The zero-order chi connectivity index (χ0) is 38.0. The van der Waals surface area contributed by atoms with Crippen LogP contribution in [0.2, 0.25) is 0 Å². The number of rotatable bonds is 6. The third-order valence-corrected chi connectivity index (χ3v) is 11.5. The van der Waals surface area contributed by atoms with Gasteiger partial charge in [-0.1, -0.05) is 146 Å². The van der Waals surface area contributed by atoms with E-state index in [1.165, 1.54) is 32.6 Å². The van der Waals surface area contributed by atoms with Gasteiger partial charge in [-0.15, -0.1) is 0 Å². The lowest BCUT2D eigenvalue weighted by molar-refractivity contribution is 0.669. The summed E-state index contributed by atoms with van der Waals surface area (Å²) in [5.41, 5.74) is 13.5. The average molecular weight is 729 g/mol. The lowest BCUT2D eigenvalue weighted by atomic mass is 9.89. The second-order valence-corrected chi connectivity index (χ2v) is 14.8. The quantitative estimate of drug-likeness (QED) is 0.124. The molecule has 3 nitrogen and oxygen atoms in total. The van der Waals surface area contributed by atoms with E-state index in [1.807, 2.05) is 6.07 Å². The van der Waals surface area contributed by atoms with Crippen molar-refractivity contribution in [3.8, 4) is 16.8 Å². The molecule has 0 bridgehead atoms. The Bertz CT molecular complexity index is 3420. The first-order valence-electron chi connectivity index (χ1n) is 19.4. The topological polar surface area (TPSA) is 30.4 Å². The van der Waals surface area contributed by atoms with Crippen molar-refractivity contribution < 1.29 is 4.42 Å². The standard InChI is InChI=1S/C54H36N2O/c1-34(36-16-5-3-6-17-36)52-44-23-11-9-20-41(44)42-21-10-12-24-45(42)54(52)55-35(2)40-25-15-27-51-53(40)47-33-38(29-31-50(47)57-51)37-28-30-49-46(32-37)43-22-13-14-26-48(43)56(49)39-18-7-4-8-19-39/h3-33H,1H2,2H3/b55-35+. The van der Waals surface area contributed by atoms with E-state index in [0.29, 0.717) is 0 Å². The summed E-state index contributed by atoms with van der Waals surface area (Å²) in [6.07, 6.45) is 0. The molecule has 2 aromatic heterocycles. The van der Waals surface area contributed by atoms with Crippen LogP contribution in [0.5, 0.6) is 0 Å². The van der Waals surface area contributed by atoms with E-state index in [9.17, 15) is 0 Å². The summed E-state index contributed by atoms with van der Waals surface area (Å²) in [4.78, 5) is 5.57. The van der Waals surface area contributed by atoms with Crippen molar-refractivity contribution in [1.82, 2.24) is 4.57 Å². The lowest BCUT2D eigenvalue weighted by Gasteiger charge is -2.18. The zero-order valence-corrected chi connectivity index (χ0v) is 31.4. The lowest BCUT2D eigenvalue weighted by Crippen LogP contribution is -1.98. The van der Waals surface area contributed by atoms with E-state index in [-0.39, 0.29) is 0 Å². The highest BCUT2D eigenvalue weighted by atomic mass is 16.3. The molecule has 0 saturated heterocycles. The van der Waals surface area contributed by atoms with Gasteiger partial charge in [0.05, 0.1) is 16.7 Å². The fourth-order valence-electron chi connectivity index (χ4n) is 8.87. The molecular weight excluding hydrogens is 693 g/mol. The van der Waals surface area contributed by atoms with Gasteiger partial charge in [0.15, 0.2) is 0 Å². The van der Waals surface area contributed by atoms with Crippen LogP contribution >= 0.6 is 0 Å². The number of nitrogens with zero attached hydrogens (tertiary/aromatic N) is 2. The summed E-state index contributed by atoms with van der Waals surface area (Å²) in [7, 11) is 0. The van der Waals surface area contributed by atoms with Crippen molar-refractivity contribution in [2.75, 3.05) is 0 Å². The molecule has 2 heterocycles. The molecule has 0 aliphatic heterocycles. The average Bonchev–Trinajstić information content (AvgIpc) is 3.82. The first kappa shape index (κ1) is 32.9. The normalized spacial score (nSPS) is 12.1. The molecule has 0 N–H and O–H groups in total. The third kappa shape index (κ3) is 5.24. The second kappa shape index (κ2) is 13.1. The van der Waals surface area contributed by atoms with E-state index in [4.69, 9.17) is 9.41 Å². The molecule has 0 saturated carbocycles. The van der Waals surface area contributed by atoms with Gasteiger partial charge in [0.25, 0.3) is 0 Å². The van der Waals surface area contributed by atoms with Gasteiger partial charge in [-0.3, -0.25) is 4.99 Å². The molecule has 0 aliphatic rings. The van der Waals surface area contributed by atoms with Crippen LogP contribution in [0, 0.1) is 0 Å². The maximum Gasteiger partial charge on any atom is 0.136 e. The zero-order valence-electron chi connectivity index (χ0n) is 31.4. The Labute approximate surface area is 330 Å². The van der Waals surface area contributed by atoms with Crippen LogP contribution in [-0.4, -0.2) is 10.3 Å². The van der Waals surface area contributed by atoms with Gasteiger partial charge in [0.1, 0.15) is 11.2 Å². The molecule has 0 radical (unpaired) electrons. The highest BCUT2D eigenvalue weighted by Gasteiger charge is 2.20. The van der Waals surface area contributed by atoms with Crippen molar-refractivity contribution in [2.24, 2.45) is 4.99 Å². The fraction of sp³-hybridized carbons (Fsp3) is 0.0185. The molecule has 0 fully saturated rings. The summed E-state index contributed by atoms with van der Waals surface area (Å²) in [5.74, 6) is 0. The van der Waals surface area contributed by atoms with Gasteiger partial charge >= 0.3 is 0 Å². The number of hydrogen-bond acceptors (Lipinski definition) is 2. The summed E-state index contributed by atoms with van der Waals surface area (Å²) in [5, 5.41) is 9.18. The Balaban J connectivity index is 1.10. The number of fused-ring (bicyclic) bond motifs is 9. The van der Waals surface area contributed by atoms with Crippen molar-refractivity contribution >= 4 is 82.3 Å². The molecule has 11 aromatic rings. The Morgan fingerprint density at radius 3 is 1.86 bits per heavy atom. The van der Waals surface area contributed by atoms with Crippen LogP contribution in [-0.2, 0) is 0 Å². The maximum absolute atomic E-state index is 6.54. The number of aliphatic imine (C=N–C) groups is 1. The highest BCUT2D eigenvalue weighted by molar-refractivity contribution is 6.22. The molecular formula is C54H36N2O. The molecule has 9 aromatic carbocycles. The Morgan fingerprint density at radius 1 is 0.491 bits per heavy atom. The van der Waals surface area contributed by atoms with E-state index >= 15 is 0 Å². The highest BCUT2D eigenvalue weighted by Crippen LogP contribution is 2.44. The van der Waals surface area contributed by atoms with E-state index in [1.54, 1.807) is 0 Å². The predicted octanol–water partition coefficient (Wildman–Crippen LogP) is 14.9. The van der Waals surface area contributed by atoms with Crippen LogP contribution in [0.4, 0.5) is 5.69 Å². The Morgan fingerprint density at radius 2 is 1.09 bits per heavy atom. The summed E-state index contributed by atoms with van der Waals surface area (Å²) < 4.78 is 8.90. The van der Waals surface area contributed by atoms with E-state index < -0.39 is 0 Å².